The van der Waals surface area contributed by atoms with Crippen LogP contribution in [0.5, 0.6) is 11.5 Å². The summed E-state index contributed by atoms with van der Waals surface area (Å²) in [7, 11) is 4.23. The van der Waals surface area contributed by atoms with Crippen LogP contribution in [-0.4, -0.2) is 56.3 Å². The zero-order chi connectivity index (χ0) is 43.0. The second-order valence-corrected chi connectivity index (χ2v) is 19.7. The normalized spacial score (nSPS) is 12.7. The van der Waals surface area contributed by atoms with Gasteiger partial charge in [-0.15, -0.1) is 0 Å². The fourth-order valence-electron chi connectivity index (χ4n) is 9.06. The van der Waals surface area contributed by atoms with E-state index < -0.39 is 0 Å². The maximum Gasteiger partial charge on any atom is 0.144 e. The molecule has 0 bridgehead atoms. The van der Waals surface area contributed by atoms with E-state index in [0.29, 0.717) is 24.6 Å². The number of phenolic OH excluding ortho intramolecular Hbond substituents is 2. The number of phenols is 2. The Balaban J connectivity index is 1.05. The highest BCUT2D eigenvalue weighted by molar-refractivity contribution is 6.11. The summed E-state index contributed by atoms with van der Waals surface area (Å²) in [5.41, 5.74) is 15.1. The molecule has 6 nitrogen and oxygen atoms in total. The molecule has 0 saturated heterocycles. The number of benzene rings is 6. The van der Waals surface area contributed by atoms with E-state index in [2.05, 4.69) is 199 Å². The van der Waals surface area contributed by atoms with Gasteiger partial charge in [0, 0.05) is 58.9 Å². The first-order valence-electron chi connectivity index (χ1n) is 21.4. The number of hydrogen-bond acceptors (Lipinski definition) is 4. The molecule has 0 radical (unpaired) electrons. The van der Waals surface area contributed by atoms with Gasteiger partial charge < -0.3 is 29.1 Å². The molecule has 6 heteroatoms. The zero-order valence-corrected chi connectivity index (χ0v) is 37.7. The molecule has 0 atom stereocenters. The van der Waals surface area contributed by atoms with Crippen molar-refractivity contribution in [3.05, 3.63) is 142 Å². The van der Waals surface area contributed by atoms with Crippen LogP contribution in [0.4, 0.5) is 0 Å². The first kappa shape index (κ1) is 41.2. The SMILES string of the molecule is Cc1cc(CN(C)CCN(C)Cc2cc(C)cc(-n3c4ccc(C)cc4c4cc(C(C)(C)C)ccc43)c2O)c(O)c(-n2c3ccc(C)cc3c3cc(C(C)(C)C)ccc32)c1. The van der Waals surface area contributed by atoms with Gasteiger partial charge in [-0.2, -0.15) is 0 Å². The molecule has 2 aromatic heterocycles. The van der Waals surface area contributed by atoms with Crippen molar-refractivity contribution in [2.45, 2.75) is 93.2 Å². The smallest absolute Gasteiger partial charge is 0.144 e. The van der Waals surface area contributed by atoms with Crippen LogP contribution < -0.4 is 0 Å². The summed E-state index contributed by atoms with van der Waals surface area (Å²) < 4.78 is 4.48. The summed E-state index contributed by atoms with van der Waals surface area (Å²) in [5, 5.41) is 28.9. The average molecular weight is 799 g/mol. The minimum Gasteiger partial charge on any atom is -0.505 e. The van der Waals surface area contributed by atoms with Crippen LogP contribution in [-0.2, 0) is 23.9 Å². The number of aryl methyl sites for hydroxylation is 4. The maximum absolute atomic E-state index is 12.0. The second kappa shape index (κ2) is 15.2. The van der Waals surface area contributed by atoms with Crippen molar-refractivity contribution >= 4 is 43.6 Å². The largest absolute Gasteiger partial charge is 0.505 e. The van der Waals surface area contributed by atoms with Crippen molar-refractivity contribution < 1.29 is 10.2 Å². The third kappa shape index (κ3) is 7.56. The van der Waals surface area contributed by atoms with E-state index in [1.807, 2.05) is 0 Å². The Bertz CT molecular complexity index is 2750. The third-order valence-corrected chi connectivity index (χ3v) is 12.4. The van der Waals surface area contributed by atoms with Crippen LogP contribution in [0.15, 0.2) is 97.1 Å². The predicted molar refractivity (Wildman–Crippen MR) is 254 cm³/mol. The Morgan fingerprint density at radius 3 is 1.12 bits per heavy atom. The quantitative estimate of drug-likeness (QED) is 0.153. The number of hydrogen-bond donors (Lipinski definition) is 2. The van der Waals surface area contributed by atoms with Crippen LogP contribution >= 0.6 is 0 Å². The summed E-state index contributed by atoms with van der Waals surface area (Å²) >= 11 is 0. The Labute approximate surface area is 356 Å². The number of nitrogens with zero attached hydrogens (tertiary/aromatic N) is 4. The average Bonchev–Trinajstić information content (AvgIpc) is 3.67. The topological polar surface area (TPSA) is 56.8 Å². The van der Waals surface area contributed by atoms with E-state index >= 15 is 0 Å². The fraction of sp³-hybridized carbons (Fsp3) is 0.333. The fourth-order valence-corrected chi connectivity index (χ4v) is 9.06. The molecule has 0 aliphatic rings. The lowest BCUT2D eigenvalue weighted by atomic mass is 9.86. The third-order valence-electron chi connectivity index (χ3n) is 12.4. The van der Waals surface area contributed by atoms with E-state index in [-0.39, 0.29) is 10.8 Å². The zero-order valence-electron chi connectivity index (χ0n) is 37.7. The van der Waals surface area contributed by atoms with Gasteiger partial charge in [0.2, 0.25) is 0 Å². The van der Waals surface area contributed by atoms with E-state index in [1.165, 1.54) is 43.8 Å². The molecule has 0 aliphatic carbocycles. The molecule has 2 heterocycles. The lowest BCUT2D eigenvalue weighted by Crippen LogP contribution is -2.30. The lowest BCUT2D eigenvalue weighted by Gasteiger charge is -2.24. The predicted octanol–water partition coefficient (Wildman–Crippen LogP) is 12.7. The molecular weight excluding hydrogens is 737 g/mol. The lowest BCUT2D eigenvalue weighted by molar-refractivity contribution is 0.243. The van der Waals surface area contributed by atoms with E-state index in [1.54, 1.807) is 0 Å². The highest BCUT2D eigenvalue weighted by atomic mass is 16.3. The van der Waals surface area contributed by atoms with Crippen LogP contribution in [0, 0.1) is 27.7 Å². The number of likely N-dealkylation sites (N-methyl/N-ethyl adjacent to an activating group) is 2. The molecule has 2 N–H and O–H groups in total. The van der Waals surface area contributed by atoms with Gasteiger partial charge in [-0.05, 0) is 136 Å². The van der Waals surface area contributed by atoms with Crippen LogP contribution in [0.25, 0.3) is 55.0 Å². The van der Waals surface area contributed by atoms with Crippen molar-refractivity contribution in [3.63, 3.8) is 0 Å². The minimum absolute atomic E-state index is 0.0247. The molecule has 0 unspecified atom stereocenters. The molecule has 0 aliphatic heterocycles. The molecule has 310 valence electrons. The van der Waals surface area contributed by atoms with Crippen molar-refractivity contribution in [2.75, 3.05) is 27.2 Å². The van der Waals surface area contributed by atoms with Crippen molar-refractivity contribution in [3.8, 4) is 22.9 Å². The molecule has 60 heavy (non-hydrogen) atoms. The van der Waals surface area contributed by atoms with Crippen molar-refractivity contribution in [1.29, 1.82) is 0 Å². The summed E-state index contributed by atoms with van der Waals surface area (Å²) in [6.45, 7) is 24.8. The minimum atomic E-state index is 0.0247. The highest BCUT2D eigenvalue weighted by Crippen LogP contribution is 2.41. The van der Waals surface area contributed by atoms with Crippen LogP contribution in [0.1, 0.15) is 86.1 Å². The maximum atomic E-state index is 12.0. The van der Waals surface area contributed by atoms with E-state index in [0.717, 1.165) is 68.8 Å². The highest BCUT2D eigenvalue weighted by Gasteiger charge is 2.23. The summed E-state index contributed by atoms with van der Waals surface area (Å²) in [6.07, 6.45) is 0. The standard InChI is InChI=1S/C54H62N4O2/c1-33-13-17-45-41(25-33)43-29-39(53(5,6)7)15-19-47(43)57(45)49-27-35(3)23-37(51(49)59)31-55(11)21-22-56(12)32-38-24-36(4)28-50(52(38)60)58-46-18-14-34(2)26-42(46)44-30-40(54(8,9)10)16-20-48(44)58/h13-20,23-30,59-60H,21-22,31-32H2,1-12H3. The van der Waals surface area contributed by atoms with E-state index in [9.17, 15) is 10.2 Å². The number of fused-ring (bicyclic) bond motifs is 6. The monoisotopic (exact) mass is 798 g/mol. The first-order valence-corrected chi connectivity index (χ1v) is 21.4. The Hall–Kier alpha value is -5.56. The molecular formula is C54H62N4O2. The van der Waals surface area contributed by atoms with Gasteiger partial charge in [-0.3, -0.25) is 0 Å². The number of aromatic hydroxyl groups is 2. The molecule has 0 amide bonds. The molecule has 6 aromatic carbocycles. The van der Waals surface area contributed by atoms with Gasteiger partial charge in [0.25, 0.3) is 0 Å². The van der Waals surface area contributed by atoms with Gasteiger partial charge in [0.15, 0.2) is 0 Å². The molecule has 8 aromatic rings. The van der Waals surface area contributed by atoms with Crippen LogP contribution in [0.3, 0.4) is 0 Å². The Morgan fingerprint density at radius 2 is 0.767 bits per heavy atom. The van der Waals surface area contributed by atoms with Gasteiger partial charge in [-0.1, -0.05) is 89.1 Å². The van der Waals surface area contributed by atoms with E-state index in [4.69, 9.17) is 0 Å². The Morgan fingerprint density at radius 1 is 0.433 bits per heavy atom. The summed E-state index contributed by atoms with van der Waals surface area (Å²) in [4.78, 5) is 4.54. The first-order chi connectivity index (χ1) is 28.3. The molecule has 0 spiro atoms. The molecule has 0 fully saturated rings. The van der Waals surface area contributed by atoms with Gasteiger partial charge in [0.1, 0.15) is 11.5 Å². The van der Waals surface area contributed by atoms with Gasteiger partial charge in [-0.25, -0.2) is 0 Å². The second-order valence-electron chi connectivity index (χ2n) is 19.7. The number of rotatable bonds is 9. The van der Waals surface area contributed by atoms with Crippen molar-refractivity contribution in [2.24, 2.45) is 0 Å². The summed E-state index contributed by atoms with van der Waals surface area (Å²) in [6, 6.07) is 35.2. The van der Waals surface area contributed by atoms with Gasteiger partial charge >= 0.3 is 0 Å². The molecule has 0 saturated carbocycles. The summed E-state index contributed by atoms with van der Waals surface area (Å²) in [5.74, 6) is 0.624. The van der Waals surface area contributed by atoms with Gasteiger partial charge in [0.05, 0.1) is 33.4 Å². The number of aromatic nitrogens is 2. The van der Waals surface area contributed by atoms with Crippen LogP contribution in [0.2, 0.25) is 0 Å². The van der Waals surface area contributed by atoms with Crippen molar-refractivity contribution in [1.82, 2.24) is 18.9 Å². The molecule has 8 rings (SSSR count). The Kier molecular flexibility index (Phi) is 10.4.